The van der Waals surface area contributed by atoms with Crippen LogP contribution in [0.2, 0.25) is 5.02 Å². The van der Waals surface area contributed by atoms with Crippen LogP contribution in [-0.4, -0.2) is 37.6 Å². The molecule has 0 spiro atoms. The number of alkyl carbamates (subject to hydrolysis) is 1. The van der Waals surface area contributed by atoms with Crippen LogP contribution in [-0.2, 0) is 20.2 Å². The Hall–Kier alpha value is -3.27. The van der Waals surface area contributed by atoms with Gasteiger partial charge in [-0.25, -0.2) is 4.79 Å². The van der Waals surface area contributed by atoms with E-state index in [9.17, 15) is 18.0 Å². The van der Waals surface area contributed by atoms with E-state index in [-0.39, 0.29) is 24.6 Å². The minimum Gasteiger partial charge on any atom is -0.449 e. The number of alkyl halides is 3. The van der Waals surface area contributed by atoms with Crippen LogP contribution in [0.4, 0.5) is 18.0 Å². The van der Waals surface area contributed by atoms with Crippen LogP contribution in [0.15, 0.2) is 72.2 Å². The highest BCUT2D eigenvalue weighted by atomic mass is 35.5. The number of carbonyl (C=O) groups excluding carboxylic acids is 1. The van der Waals surface area contributed by atoms with Crippen LogP contribution in [0, 0.1) is 0 Å². The maximum absolute atomic E-state index is 13.5. The van der Waals surface area contributed by atoms with E-state index in [1.165, 1.54) is 18.2 Å². The zero-order valence-electron chi connectivity index (χ0n) is 23.1. The molecular weight excluding hydrogens is 554 g/mol. The Labute approximate surface area is 242 Å². The number of carbonyl (C=O) groups is 1. The van der Waals surface area contributed by atoms with Crippen molar-refractivity contribution in [2.45, 2.75) is 51.0 Å². The Bertz CT molecular complexity index is 1440. The van der Waals surface area contributed by atoms with Gasteiger partial charge in [-0.2, -0.15) is 13.2 Å². The summed E-state index contributed by atoms with van der Waals surface area (Å²) in [6.07, 6.45) is -3.77. The molecule has 1 heterocycles. The Morgan fingerprint density at radius 1 is 0.976 bits per heavy atom. The molecular formula is C31H30BClF3NO4. The van der Waals surface area contributed by atoms with Gasteiger partial charge >= 0.3 is 19.4 Å². The molecule has 1 saturated heterocycles. The molecule has 0 aromatic heterocycles. The molecule has 5 rings (SSSR count). The van der Waals surface area contributed by atoms with Gasteiger partial charge in [-0.05, 0) is 73.1 Å². The average molecular weight is 584 g/mol. The zero-order chi connectivity index (χ0) is 29.6. The average Bonchev–Trinajstić information content (AvgIpc) is 3.34. The molecule has 1 aliphatic heterocycles. The summed E-state index contributed by atoms with van der Waals surface area (Å²) in [7, 11) is -0.904. The molecule has 1 N–H and O–H groups in total. The Kier molecular flexibility index (Phi) is 7.74. The van der Waals surface area contributed by atoms with Crippen LogP contribution >= 0.6 is 11.6 Å². The van der Waals surface area contributed by atoms with Crippen LogP contribution in [0.1, 0.15) is 55.9 Å². The fourth-order valence-corrected chi connectivity index (χ4v) is 5.31. The van der Waals surface area contributed by atoms with Gasteiger partial charge in [0.1, 0.15) is 6.61 Å². The highest BCUT2D eigenvalue weighted by Gasteiger charge is 2.52. The van der Waals surface area contributed by atoms with Crippen LogP contribution in [0.3, 0.4) is 0 Å². The van der Waals surface area contributed by atoms with Crippen molar-refractivity contribution in [3.63, 3.8) is 0 Å². The van der Waals surface area contributed by atoms with Gasteiger partial charge in [0, 0.05) is 12.5 Å². The van der Waals surface area contributed by atoms with Crippen molar-refractivity contribution in [1.82, 2.24) is 5.32 Å². The first kappa shape index (κ1) is 29.2. The van der Waals surface area contributed by atoms with Gasteiger partial charge in [-0.15, -0.1) is 0 Å². The van der Waals surface area contributed by atoms with Gasteiger partial charge in [0.25, 0.3) is 0 Å². The highest BCUT2D eigenvalue weighted by Crippen LogP contribution is 2.44. The first-order valence-electron chi connectivity index (χ1n) is 13.3. The summed E-state index contributed by atoms with van der Waals surface area (Å²) < 4.78 is 58.4. The molecule has 1 fully saturated rings. The number of halogens is 4. The molecule has 0 saturated carbocycles. The Balaban J connectivity index is 1.34. The smallest absolute Gasteiger partial charge is 0.449 e. The third-order valence-corrected chi connectivity index (χ3v) is 8.31. The van der Waals surface area contributed by atoms with Crippen molar-refractivity contribution in [2.75, 3.05) is 13.2 Å². The summed E-state index contributed by atoms with van der Waals surface area (Å²) in [4.78, 5) is 12.9. The predicted octanol–water partition coefficient (Wildman–Crippen LogP) is 7.91. The molecule has 1 aliphatic carbocycles. The molecule has 3 aromatic rings. The number of ether oxygens (including phenoxy) is 1. The summed E-state index contributed by atoms with van der Waals surface area (Å²) in [6, 6.07) is 19.7. The van der Waals surface area contributed by atoms with Gasteiger partial charge < -0.3 is 19.4 Å². The van der Waals surface area contributed by atoms with E-state index in [4.69, 9.17) is 25.6 Å². The molecule has 214 valence electrons. The van der Waals surface area contributed by atoms with E-state index < -0.39 is 41.2 Å². The number of rotatable bonds is 6. The molecule has 0 radical (unpaired) electrons. The summed E-state index contributed by atoms with van der Waals surface area (Å²) in [5.74, 6) is -0.110. The molecule has 41 heavy (non-hydrogen) atoms. The van der Waals surface area contributed by atoms with E-state index in [0.717, 1.165) is 28.3 Å². The molecule has 10 heteroatoms. The monoisotopic (exact) mass is 583 g/mol. The third-order valence-electron chi connectivity index (χ3n) is 7.98. The molecule has 0 atom stereocenters. The lowest BCUT2D eigenvalue weighted by Gasteiger charge is -2.32. The van der Waals surface area contributed by atoms with E-state index in [1.54, 1.807) is 0 Å². The molecule has 0 unspecified atom stereocenters. The maximum atomic E-state index is 13.5. The number of hydrogen-bond acceptors (Lipinski definition) is 4. The van der Waals surface area contributed by atoms with E-state index in [2.05, 4.69) is 17.4 Å². The Morgan fingerprint density at radius 3 is 2.10 bits per heavy atom. The maximum Gasteiger partial charge on any atom is 0.492 e. The largest absolute Gasteiger partial charge is 0.492 e. The van der Waals surface area contributed by atoms with E-state index >= 15 is 0 Å². The van der Waals surface area contributed by atoms with E-state index in [1.807, 2.05) is 64.1 Å². The number of amides is 1. The zero-order valence-corrected chi connectivity index (χ0v) is 23.9. The van der Waals surface area contributed by atoms with Crippen LogP contribution in [0.5, 0.6) is 0 Å². The topological polar surface area (TPSA) is 56.8 Å². The van der Waals surface area contributed by atoms with Gasteiger partial charge in [-0.1, -0.05) is 72.3 Å². The summed E-state index contributed by atoms with van der Waals surface area (Å²) in [5.41, 5.74) is 2.72. The molecule has 5 nitrogen and oxygen atoms in total. The number of fused-ring (bicyclic) bond motifs is 3. The lowest BCUT2D eigenvalue weighted by Crippen LogP contribution is -2.41. The second-order valence-electron chi connectivity index (χ2n) is 11.2. The van der Waals surface area contributed by atoms with Crippen molar-refractivity contribution in [1.29, 1.82) is 0 Å². The van der Waals surface area contributed by atoms with Crippen molar-refractivity contribution < 1.29 is 32.0 Å². The quantitative estimate of drug-likeness (QED) is 0.300. The van der Waals surface area contributed by atoms with Crippen LogP contribution in [0.25, 0.3) is 17.2 Å². The molecule has 0 bridgehead atoms. The fourth-order valence-electron chi connectivity index (χ4n) is 5.08. The normalized spacial score (nSPS) is 17.8. The minimum atomic E-state index is -4.62. The van der Waals surface area contributed by atoms with E-state index in [0.29, 0.717) is 5.47 Å². The standard InChI is InChI=1S/C31H30BClF3NO4/c1-29(2)30(3,4)41-32(40-29)20(15-19-13-14-27(33)26(16-19)31(34,35)36)17-37-28(38)39-18-25-23-11-7-5-9-21(23)22-10-6-8-12-24(22)25/h5-16,25H,17-18H2,1-4H3,(H,37,38). The van der Waals surface area contributed by atoms with Crippen molar-refractivity contribution in [2.24, 2.45) is 0 Å². The molecule has 3 aromatic carbocycles. The number of nitrogens with one attached hydrogen (secondary N) is 1. The highest BCUT2D eigenvalue weighted by molar-refractivity contribution is 6.56. The SMILES string of the molecule is CC1(C)OB(C(=Cc2ccc(Cl)c(C(F)(F)F)c2)CNC(=O)OCC2c3ccccc3-c3ccccc32)OC1(C)C. The first-order valence-corrected chi connectivity index (χ1v) is 13.7. The molecule has 2 aliphatic rings. The van der Waals surface area contributed by atoms with Crippen molar-refractivity contribution in [3.05, 3.63) is 99.5 Å². The summed E-state index contributed by atoms with van der Waals surface area (Å²) in [6.45, 7) is 7.53. The number of hydrogen-bond donors (Lipinski definition) is 1. The first-order chi connectivity index (χ1) is 19.3. The third kappa shape index (κ3) is 5.89. The lowest BCUT2D eigenvalue weighted by atomic mass is 9.77. The van der Waals surface area contributed by atoms with Gasteiger partial charge in [0.2, 0.25) is 0 Å². The van der Waals surface area contributed by atoms with Gasteiger partial charge in [0.15, 0.2) is 0 Å². The summed E-state index contributed by atoms with van der Waals surface area (Å²) >= 11 is 5.81. The fraction of sp³-hybridized carbons (Fsp3) is 0.323. The number of benzene rings is 3. The summed E-state index contributed by atoms with van der Waals surface area (Å²) in [5, 5.41) is 2.33. The van der Waals surface area contributed by atoms with Gasteiger partial charge in [0.05, 0.1) is 21.8 Å². The lowest BCUT2D eigenvalue weighted by molar-refractivity contribution is -0.137. The van der Waals surface area contributed by atoms with Crippen LogP contribution < -0.4 is 5.32 Å². The van der Waals surface area contributed by atoms with Crippen molar-refractivity contribution in [3.8, 4) is 11.1 Å². The van der Waals surface area contributed by atoms with Gasteiger partial charge in [-0.3, -0.25) is 0 Å². The second kappa shape index (κ2) is 10.9. The second-order valence-corrected chi connectivity index (χ2v) is 11.6. The molecule has 1 amide bonds. The van der Waals surface area contributed by atoms with Crippen molar-refractivity contribution >= 4 is 30.9 Å². The Morgan fingerprint density at radius 2 is 1.54 bits per heavy atom. The predicted molar refractivity (Wildman–Crippen MR) is 154 cm³/mol. The minimum absolute atomic E-state index is 0.0719.